The van der Waals surface area contributed by atoms with Gasteiger partial charge >= 0.3 is 0 Å². The van der Waals surface area contributed by atoms with Gasteiger partial charge in [-0.25, -0.2) is 14.4 Å². The van der Waals surface area contributed by atoms with Gasteiger partial charge in [-0.15, -0.1) is 0 Å². The summed E-state index contributed by atoms with van der Waals surface area (Å²) in [6.07, 6.45) is 4.62. The highest BCUT2D eigenvalue weighted by Crippen LogP contribution is 2.36. The molecule has 0 aliphatic heterocycles. The van der Waals surface area contributed by atoms with E-state index in [0.29, 0.717) is 17.1 Å². The van der Waals surface area contributed by atoms with Crippen LogP contribution in [0.3, 0.4) is 0 Å². The number of aliphatic imine (C=N–C) groups is 3. The van der Waals surface area contributed by atoms with Crippen molar-refractivity contribution in [3.8, 4) is 0 Å². The van der Waals surface area contributed by atoms with Crippen molar-refractivity contribution in [1.29, 1.82) is 0 Å². The predicted molar refractivity (Wildman–Crippen MR) is 104 cm³/mol. The van der Waals surface area contributed by atoms with Gasteiger partial charge in [-0.05, 0) is 53.1 Å². The summed E-state index contributed by atoms with van der Waals surface area (Å²) < 4.78 is 0. The number of benzene rings is 3. The van der Waals surface area contributed by atoms with Crippen molar-refractivity contribution in [3.63, 3.8) is 0 Å². The minimum absolute atomic E-state index is 0.273. The summed E-state index contributed by atoms with van der Waals surface area (Å²) in [7, 11) is 0. The molecule has 0 radical (unpaired) electrons. The van der Waals surface area contributed by atoms with Crippen molar-refractivity contribution >= 4 is 35.3 Å². The van der Waals surface area contributed by atoms with Crippen molar-refractivity contribution in [2.75, 3.05) is 0 Å². The SMILES string of the molecule is O=C=Nc1cccc(C(c2cccc(N=C=O)c2)c2cccc(N=C=O)c2)c1. The van der Waals surface area contributed by atoms with E-state index in [1.54, 1.807) is 72.8 Å². The standard InChI is InChI=1S/C22H13N3O3/c26-13-23-19-7-1-4-16(10-19)22(17-5-2-8-20(11-17)24-14-27)18-6-3-9-21(12-18)25-15-28/h1-12,22H. The number of nitrogens with zero attached hydrogens (tertiary/aromatic N) is 3. The number of hydrogen-bond donors (Lipinski definition) is 0. The second-order valence-corrected chi connectivity index (χ2v) is 5.83. The summed E-state index contributed by atoms with van der Waals surface area (Å²) in [5.74, 6) is -0.273. The molecule has 6 nitrogen and oxygen atoms in total. The first kappa shape index (κ1) is 18.6. The van der Waals surface area contributed by atoms with E-state index in [9.17, 15) is 14.4 Å². The molecule has 3 aromatic carbocycles. The molecule has 134 valence electrons. The highest BCUT2D eigenvalue weighted by atomic mass is 16.1. The Morgan fingerprint density at radius 3 is 1.14 bits per heavy atom. The summed E-state index contributed by atoms with van der Waals surface area (Å²) >= 11 is 0. The smallest absolute Gasteiger partial charge is 0.211 e. The predicted octanol–water partition coefficient (Wildman–Crippen LogP) is 4.77. The van der Waals surface area contributed by atoms with Crippen LogP contribution < -0.4 is 0 Å². The Morgan fingerprint density at radius 2 is 0.857 bits per heavy atom. The lowest BCUT2D eigenvalue weighted by molar-refractivity contribution is 0.564. The van der Waals surface area contributed by atoms with Crippen LogP contribution in [0.25, 0.3) is 0 Å². The molecule has 0 aliphatic carbocycles. The van der Waals surface area contributed by atoms with Gasteiger partial charge in [-0.2, -0.15) is 15.0 Å². The molecule has 0 spiro atoms. The Balaban J connectivity index is 2.22. The molecule has 6 heteroatoms. The maximum absolute atomic E-state index is 10.6. The molecule has 0 fully saturated rings. The van der Waals surface area contributed by atoms with E-state index in [-0.39, 0.29) is 5.92 Å². The molecule has 3 rings (SSSR count). The molecule has 0 saturated heterocycles. The lowest BCUT2D eigenvalue weighted by atomic mass is 9.84. The van der Waals surface area contributed by atoms with E-state index in [4.69, 9.17) is 0 Å². The second-order valence-electron chi connectivity index (χ2n) is 5.83. The number of carbonyl (C=O) groups excluding carboxylic acids is 3. The maximum Gasteiger partial charge on any atom is 0.240 e. The highest BCUT2D eigenvalue weighted by molar-refractivity contribution is 5.58. The third-order valence-electron chi connectivity index (χ3n) is 4.13. The maximum atomic E-state index is 10.6. The van der Waals surface area contributed by atoms with Crippen LogP contribution in [0.1, 0.15) is 22.6 Å². The van der Waals surface area contributed by atoms with E-state index < -0.39 is 0 Å². The first-order valence-electron chi connectivity index (χ1n) is 8.28. The highest BCUT2D eigenvalue weighted by Gasteiger charge is 2.18. The lowest BCUT2D eigenvalue weighted by Crippen LogP contribution is -2.03. The van der Waals surface area contributed by atoms with Gasteiger partial charge in [0.2, 0.25) is 18.2 Å². The Hall–Kier alpha value is -4.20. The summed E-state index contributed by atoms with van der Waals surface area (Å²) in [4.78, 5) is 43.0. The Bertz CT molecular complexity index is 1010. The average molecular weight is 367 g/mol. The van der Waals surface area contributed by atoms with Gasteiger partial charge in [0.1, 0.15) is 0 Å². The largest absolute Gasteiger partial charge is 0.240 e. The van der Waals surface area contributed by atoms with Crippen LogP contribution in [0.5, 0.6) is 0 Å². The van der Waals surface area contributed by atoms with Crippen LogP contribution in [-0.4, -0.2) is 18.2 Å². The van der Waals surface area contributed by atoms with Crippen LogP contribution in [0, 0.1) is 0 Å². The summed E-state index contributed by atoms with van der Waals surface area (Å²) in [6, 6.07) is 21.5. The molecule has 0 saturated carbocycles. The zero-order valence-corrected chi connectivity index (χ0v) is 14.6. The summed E-state index contributed by atoms with van der Waals surface area (Å²) in [6.45, 7) is 0. The second kappa shape index (κ2) is 8.95. The molecule has 3 aromatic rings. The fourth-order valence-electron chi connectivity index (χ4n) is 3.06. The zero-order chi connectivity index (χ0) is 19.8. The van der Waals surface area contributed by atoms with Gasteiger partial charge in [-0.1, -0.05) is 36.4 Å². The van der Waals surface area contributed by atoms with Gasteiger partial charge in [-0.3, -0.25) is 0 Å². The minimum Gasteiger partial charge on any atom is -0.211 e. The van der Waals surface area contributed by atoms with Crippen molar-refractivity contribution in [2.24, 2.45) is 15.0 Å². The molecular weight excluding hydrogens is 354 g/mol. The molecule has 0 bridgehead atoms. The first-order chi connectivity index (χ1) is 13.7. The topological polar surface area (TPSA) is 88.3 Å². The number of hydrogen-bond acceptors (Lipinski definition) is 6. The van der Waals surface area contributed by atoms with E-state index in [1.807, 2.05) is 18.2 Å². The molecule has 0 aromatic heterocycles. The third-order valence-corrected chi connectivity index (χ3v) is 4.13. The summed E-state index contributed by atoms with van der Waals surface area (Å²) in [5, 5.41) is 0. The zero-order valence-electron chi connectivity index (χ0n) is 14.6. The van der Waals surface area contributed by atoms with Crippen molar-refractivity contribution in [2.45, 2.75) is 5.92 Å². The van der Waals surface area contributed by atoms with Crippen molar-refractivity contribution in [1.82, 2.24) is 0 Å². The normalized spacial score (nSPS) is 10.7. The molecule has 0 amide bonds. The average Bonchev–Trinajstić information content (AvgIpc) is 2.70. The monoisotopic (exact) mass is 367 g/mol. The van der Waals surface area contributed by atoms with Gasteiger partial charge in [0.05, 0.1) is 17.1 Å². The fraction of sp³-hybridized carbons (Fsp3) is 0.0455. The summed E-state index contributed by atoms with van der Waals surface area (Å²) in [5.41, 5.74) is 3.99. The number of rotatable bonds is 6. The Kier molecular flexibility index (Phi) is 5.94. The van der Waals surface area contributed by atoms with Crippen LogP contribution >= 0.6 is 0 Å². The van der Waals surface area contributed by atoms with E-state index in [0.717, 1.165) is 16.7 Å². The van der Waals surface area contributed by atoms with Gasteiger partial charge in [0, 0.05) is 5.92 Å². The van der Waals surface area contributed by atoms with Crippen LogP contribution in [0.2, 0.25) is 0 Å². The van der Waals surface area contributed by atoms with Crippen LogP contribution in [0.15, 0.2) is 87.8 Å². The molecule has 0 atom stereocenters. The van der Waals surface area contributed by atoms with E-state index in [1.165, 1.54) is 0 Å². The Morgan fingerprint density at radius 1 is 0.536 bits per heavy atom. The quantitative estimate of drug-likeness (QED) is 0.357. The Labute approximate surface area is 160 Å². The molecule has 0 unspecified atom stereocenters. The van der Waals surface area contributed by atoms with Gasteiger partial charge in [0.25, 0.3) is 0 Å². The lowest BCUT2D eigenvalue weighted by Gasteiger charge is -2.19. The van der Waals surface area contributed by atoms with Gasteiger partial charge < -0.3 is 0 Å². The molecule has 0 heterocycles. The molecule has 0 aliphatic rings. The van der Waals surface area contributed by atoms with E-state index in [2.05, 4.69) is 15.0 Å². The fourth-order valence-corrected chi connectivity index (χ4v) is 3.06. The van der Waals surface area contributed by atoms with Crippen LogP contribution in [-0.2, 0) is 14.4 Å². The third kappa shape index (κ3) is 4.31. The minimum atomic E-state index is -0.273. The van der Waals surface area contributed by atoms with Crippen molar-refractivity contribution < 1.29 is 14.4 Å². The number of isocyanates is 3. The molecule has 28 heavy (non-hydrogen) atoms. The van der Waals surface area contributed by atoms with Crippen molar-refractivity contribution in [3.05, 3.63) is 89.5 Å². The van der Waals surface area contributed by atoms with Crippen LogP contribution in [0.4, 0.5) is 17.1 Å². The molecular formula is C22H13N3O3. The van der Waals surface area contributed by atoms with Gasteiger partial charge in [0.15, 0.2) is 0 Å². The molecule has 0 N–H and O–H groups in total. The van der Waals surface area contributed by atoms with E-state index >= 15 is 0 Å². The first-order valence-corrected chi connectivity index (χ1v) is 8.28.